The van der Waals surface area contributed by atoms with E-state index < -0.39 is 0 Å². The minimum absolute atomic E-state index is 0.277. The van der Waals surface area contributed by atoms with E-state index in [0.717, 1.165) is 19.6 Å². The molecule has 0 aliphatic carbocycles. The van der Waals surface area contributed by atoms with Crippen molar-refractivity contribution in [3.63, 3.8) is 0 Å². The SMILES string of the molecule is CCn1ncnc1OC1CNC1. The van der Waals surface area contributed by atoms with Gasteiger partial charge in [-0.2, -0.15) is 10.1 Å². The van der Waals surface area contributed by atoms with Gasteiger partial charge in [-0.25, -0.2) is 4.68 Å². The molecule has 66 valence electrons. The first kappa shape index (κ1) is 7.54. The maximum atomic E-state index is 5.54. The summed E-state index contributed by atoms with van der Waals surface area (Å²) in [5, 5.41) is 7.13. The van der Waals surface area contributed by atoms with Crippen LogP contribution in [0.15, 0.2) is 6.33 Å². The smallest absolute Gasteiger partial charge is 0.315 e. The average Bonchev–Trinajstić information content (AvgIpc) is 2.43. The zero-order valence-corrected chi connectivity index (χ0v) is 7.03. The van der Waals surface area contributed by atoms with Gasteiger partial charge in [-0.05, 0) is 6.92 Å². The fraction of sp³-hybridized carbons (Fsp3) is 0.714. The van der Waals surface area contributed by atoms with Gasteiger partial charge in [-0.3, -0.25) is 0 Å². The van der Waals surface area contributed by atoms with Crippen molar-refractivity contribution in [1.29, 1.82) is 0 Å². The van der Waals surface area contributed by atoms with Crippen LogP contribution in [0.25, 0.3) is 0 Å². The number of hydrogen-bond acceptors (Lipinski definition) is 4. The molecule has 0 spiro atoms. The van der Waals surface area contributed by atoms with Gasteiger partial charge in [0.15, 0.2) is 0 Å². The van der Waals surface area contributed by atoms with Crippen LogP contribution in [0.4, 0.5) is 0 Å². The molecule has 2 heterocycles. The van der Waals surface area contributed by atoms with E-state index in [-0.39, 0.29) is 6.10 Å². The first-order chi connectivity index (χ1) is 5.90. The molecule has 12 heavy (non-hydrogen) atoms. The molecule has 1 fully saturated rings. The Balaban J connectivity index is 2.00. The van der Waals surface area contributed by atoms with Gasteiger partial charge in [-0.15, -0.1) is 0 Å². The summed E-state index contributed by atoms with van der Waals surface area (Å²) in [7, 11) is 0. The van der Waals surface area contributed by atoms with Crippen molar-refractivity contribution in [2.24, 2.45) is 0 Å². The molecule has 1 aromatic rings. The van der Waals surface area contributed by atoms with Crippen molar-refractivity contribution in [2.75, 3.05) is 13.1 Å². The summed E-state index contributed by atoms with van der Waals surface area (Å²) < 4.78 is 7.29. The quantitative estimate of drug-likeness (QED) is 0.670. The van der Waals surface area contributed by atoms with Gasteiger partial charge in [-0.1, -0.05) is 0 Å². The molecular formula is C7H12N4O. The number of ether oxygens (including phenoxy) is 1. The average molecular weight is 168 g/mol. The zero-order chi connectivity index (χ0) is 8.39. The molecule has 5 heteroatoms. The molecule has 0 unspecified atom stereocenters. The Morgan fingerprint density at radius 1 is 1.75 bits per heavy atom. The van der Waals surface area contributed by atoms with Crippen molar-refractivity contribution >= 4 is 0 Å². The Bertz CT molecular complexity index is 256. The van der Waals surface area contributed by atoms with Crippen molar-refractivity contribution in [3.8, 4) is 6.01 Å². The van der Waals surface area contributed by atoms with Crippen LogP contribution in [0.1, 0.15) is 6.92 Å². The Morgan fingerprint density at radius 2 is 2.58 bits per heavy atom. The van der Waals surface area contributed by atoms with E-state index >= 15 is 0 Å². The van der Waals surface area contributed by atoms with Crippen LogP contribution < -0.4 is 10.1 Å². The first-order valence-corrected chi connectivity index (χ1v) is 4.15. The Morgan fingerprint density at radius 3 is 3.17 bits per heavy atom. The van der Waals surface area contributed by atoms with E-state index in [9.17, 15) is 0 Å². The molecule has 5 nitrogen and oxygen atoms in total. The lowest BCUT2D eigenvalue weighted by atomic mass is 10.2. The summed E-state index contributed by atoms with van der Waals surface area (Å²) >= 11 is 0. The zero-order valence-electron chi connectivity index (χ0n) is 7.03. The first-order valence-electron chi connectivity index (χ1n) is 4.15. The van der Waals surface area contributed by atoms with Gasteiger partial charge in [0, 0.05) is 19.6 Å². The van der Waals surface area contributed by atoms with Gasteiger partial charge in [0.25, 0.3) is 0 Å². The molecule has 0 bridgehead atoms. The van der Waals surface area contributed by atoms with Crippen molar-refractivity contribution in [2.45, 2.75) is 19.6 Å². The van der Waals surface area contributed by atoms with Crippen LogP contribution in [0.3, 0.4) is 0 Å². The second-order valence-electron chi connectivity index (χ2n) is 2.76. The lowest BCUT2D eigenvalue weighted by molar-refractivity contribution is 0.122. The highest BCUT2D eigenvalue weighted by molar-refractivity contribution is 4.94. The Hall–Kier alpha value is -1.10. The fourth-order valence-electron chi connectivity index (χ4n) is 1.06. The lowest BCUT2D eigenvalue weighted by Crippen LogP contribution is -2.50. The molecule has 1 N–H and O–H groups in total. The maximum Gasteiger partial charge on any atom is 0.315 e. The van der Waals surface area contributed by atoms with Crippen LogP contribution in [-0.4, -0.2) is 34.0 Å². The summed E-state index contributed by atoms with van der Waals surface area (Å²) in [6.45, 7) is 4.64. The van der Waals surface area contributed by atoms with E-state index in [1.165, 1.54) is 6.33 Å². The summed E-state index contributed by atoms with van der Waals surface area (Å²) in [4.78, 5) is 4.01. The van der Waals surface area contributed by atoms with Gasteiger partial charge in [0.2, 0.25) is 0 Å². The van der Waals surface area contributed by atoms with Gasteiger partial charge < -0.3 is 10.1 Å². The second-order valence-corrected chi connectivity index (χ2v) is 2.76. The fourth-order valence-corrected chi connectivity index (χ4v) is 1.06. The van der Waals surface area contributed by atoms with Crippen LogP contribution in [-0.2, 0) is 6.54 Å². The van der Waals surface area contributed by atoms with E-state index in [2.05, 4.69) is 15.4 Å². The molecule has 1 saturated heterocycles. The monoisotopic (exact) mass is 168 g/mol. The van der Waals surface area contributed by atoms with Crippen LogP contribution >= 0.6 is 0 Å². The van der Waals surface area contributed by atoms with E-state index in [1.54, 1.807) is 4.68 Å². The van der Waals surface area contributed by atoms with E-state index in [0.29, 0.717) is 6.01 Å². The second kappa shape index (κ2) is 3.10. The minimum Gasteiger partial charge on any atom is -0.458 e. The third kappa shape index (κ3) is 1.27. The number of nitrogens with zero attached hydrogens (tertiary/aromatic N) is 3. The largest absolute Gasteiger partial charge is 0.458 e. The molecule has 1 aliphatic rings. The molecular weight excluding hydrogens is 156 g/mol. The third-order valence-electron chi connectivity index (χ3n) is 1.90. The number of rotatable bonds is 3. The minimum atomic E-state index is 0.277. The number of aromatic nitrogens is 3. The Labute approximate surface area is 70.7 Å². The number of aryl methyl sites for hydroxylation is 1. The third-order valence-corrected chi connectivity index (χ3v) is 1.90. The highest BCUT2D eigenvalue weighted by Gasteiger charge is 2.20. The molecule has 0 aromatic carbocycles. The van der Waals surface area contributed by atoms with E-state index in [4.69, 9.17) is 4.74 Å². The summed E-state index contributed by atoms with van der Waals surface area (Å²) in [6, 6.07) is 0.629. The molecule has 0 saturated carbocycles. The van der Waals surface area contributed by atoms with Gasteiger partial charge in [0.05, 0.1) is 0 Å². The number of hydrogen-bond donors (Lipinski definition) is 1. The van der Waals surface area contributed by atoms with Gasteiger partial charge in [0.1, 0.15) is 12.4 Å². The van der Waals surface area contributed by atoms with Crippen LogP contribution in [0.2, 0.25) is 0 Å². The highest BCUT2D eigenvalue weighted by Crippen LogP contribution is 2.08. The standard InChI is InChI=1S/C7H12N4O/c1-2-11-7(9-5-10-11)12-6-3-8-4-6/h5-6,8H,2-4H2,1H3. The topological polar surface area (TPSA) is 52.0 Å². The summed E-state index contributed by atoms with van der Waals surface area (Å²) in [6.07, 6.45) is 1.80. The number of nitrogens with one attached hydrogen (secondary N) is 1. The normalized spacial score (nSPS) is 17.4. The molecule has 0 amide bonds. The Kier molecular flexibility index (Phi) is 1.95. The molecule has 0 atom stereocenters. The lowest BCUT2D eigenvalue weighted by Gasteiger charge is -2.26. The van der Waals surface area contributed by atoms with Crippen molar-refractivity contribution in [1.82, 2.24) is 20.1 Å². The summed E-state index contributed by atoms with van der Waals surface area (Å²) in [5.41, 5.74) is 0. The molecule has 1 aromatic heterocycles. The maximum absolute atomic E-state index is 5.54. The van der Waals surface area contributed by atoms with Crippen LogP contribution in [0, 0.1) is 0 Å². The van der Waals surface area contributed by atoms with Gasteiger partial charge >= 0.3 is 6.01 Å². The molecule has 0 radical (unpaired) electrons. The molecule has 1 aliphatic heterocycles. The van der Waals surface area contributed by atoms with Crippen LogP contribution in [0.5, 0.6) is 6.01 Å². The molecule has 2 rings (SSSR count). The summed E-state index contributed by atoms with van der Waals surface area (Å²) in [5.74, 6) is 0. The van der Waals surface area contributed by atoms with Crippen molar-refractivity contribution in [3.05, 3.63) is 6.33 Å². The van der Waals surface area contributed by atoms with Crippen molar-refractivity contribution < 1.29 is 4.74 Å². The highest BCUT2D eigenvalue weighted by atomic mass is 16.5. The van der Waals surface area contributed by atoms with E-state index in [1.807, 2.05) is 6.92 Å². The predicted octanol–water partition coefficient (Wildman–Crippen LogP) is -0.351. The predicted molar refractivity (Wildman–Crippen MR) is 43.0 cm³/mol.